The molecule has 3 rings (SSSR count). The van der Waals surface area contributed by atoms with Crippen molar-refractivity contribution < 1.29 is 24.2 Å². The lowest BCUT2D eigenvalue weighted by Gasteiger charge is -2.28. The Kier molecular flexibility index (Phi) is 9.12. The predicted octanol–water partition coefficient (Wildman–Crippen LogP) is 4.86. The molecule has 1 aromatic carbocycles. The highest BCUT2D eigenvalue weighted by molar-refractivity contribution is 7.12. The number of hydrogen-bond donors (Lipinski definition) is 1. The number of carbonyl (C=O) groups is 2. The second kappa shape index (κ2) is 12.0. The average Bonchev–Trinajstić information content (AvgIpc) is 3.48. The molecule has 1 N–H and O–H groups in total. The van der Waals surface area contributed by atoms with Crippen LogP contribution >= 0.6 is 11.3 Å². The topological polar surface area (TPSA) is 79.3 Å². The van der Waals surface area contributed by atoms with Crippen LogP contribution in [0.2, 0.25) is 0 Å². The minimum atomic E-state index is -0.701. The van der Waals surface area contributed by atoms with Crippen LogP contribution in [0.4, 0.5) is 0 Å². The average molecular weight is 487 g/mol. The molecule has 2 aromatic rings. The van der Waals surface area contributed by atoms with Crippen LogP contribution in [-0.2, 0) is 4.79 Å². The fourth-order valence-corrected chi connectivity index (χ4v) is 4.87. The summed E-state index contributed by atoms with van der Waals surface area (Å²) in [5.41, 5.74) is 0.806. The van der Waals surface area contributed by atoms with Crippen molar-refractivity contribution in [3.05, 3.63) is 57.5 Å². The van der Waals surface area contributed by atoms with E-state index >= 15 is 0 Å². The lowest BCUT2D eigenvalue weighted by Crippen LogP contribution is -2.34. The summed E-state index contributed by atoms with van der Waals surface area (Å²) < 4.78 is 11.3. The number of amides is 1. The molecule has 0 saturated heterocycles. The van der Waals surface area contributed by atoms with E-state index in [-0.39, 0.29) is 11.4 Å². The smallest absolute Gasteiger partial charge is 0.290 e. The molecule has 1 aliphatic rings. The monoisotopic (exact) mass is 486 g/mol. The number of rotatable bonds is 13. The second-order valence-electron chi connectivity index (χ2n) is 8.11. The number of aliphatic hydroxyl groups is 1. The highest BCUT2D eigenvalue weighted by Gasteiger charge is 2.44. The lowest BCUT2D eigenvalue weighted by molar-refractivity contribution is -0.129. The predicted molar refractivity (Wildman–Crippen MR) is 134 cm³/mol. The van der Waals surface area contributed by atoms with Gasteiger partial charge in [0.15, 0.2) is 17.3 Å². The second-order valence-corrected chi connectivity index (χ2v) is 9.06. The van der Waals surface area contributed by atoms with E-state index in [1.807, 2.05) is 13.0 Å². The van der Waals surface area contributed by atoms with E-state index < -0.39 is 17.7 Å². The lowest BCUT2D eigenvalue weighted by atomic mass is 9.95. The Labute approximate surface area is 205 Å². The van der Waals surface area contributed by atoms with E-state index in [0.717, 1.165) is 32.5 Å². The van der Waals surface area contributed by atoms with Gasteiger partial charge in [0.25, 0.3) is 5.91 Å². The number of thiophene rings is 1. The Bertz CT molecular complexity index is 1010. The Morgan fingerprint density at radius 3 is 2.56 bits per heavy atom. The molecule has 0 unspecified atom stereocenters. The zero-order chi connectivity index (χ0) is 24.7. The van der Waals surface area contributed by atoms with Gasteiger partial charge in [-0.25, -0.2) is 0 Å². The van der Waals surface area contributed by atoms with Gasteiger partial charge in [-0.15, -0.1) is 11.3 Å². The zero-order valence-electron chi connectivity index (χ0n) is 20.4. The minimum Gasteiger partial charge on any atom is -0.503 e. The summed E-state index contributed by atoms with van der Waals surface area (Å²) in [5, 5.41) is 12.6. The fraction of sp³-hybridized carbons (Fsp3) is 0.462. The third-order valence-electron chi connectivity index (χ3n) is 6.03. The van der Waals surface area contributed by atoms with Gasteiger partial charge in [-0.2, -0.15) is 0 Å². The van der Waals surface area contributed by atoms with Gasteiger partial charge in [-0.05, 0) is 61.6 Å². The molecule has 184 valence electrons. The van der Waals surface area contributed by atoms with Gasteiger partial charge < -0.3 is 24.4 Å². The van der Waals surface area contributed by atoms with E-state index in [4.69, 9.17) is 9.47 Å². The summed E-state index contributed by atoms with van der Waals surface area (Å²) in [6, 6.07) is 8.22. The molecular formula is C26H34N2O5S. The van der Waals surface area contributed by atoms with Gasteiger partial charge in [-0.1, -0.05) is 32.9 Å². The fourth-order valence-electron chi connectivity index (χ4n) is 4.19. The summed E-state index contributed by atoms with van der Waals surface area (Å²) in [6.07, 6.45) is 1.59. The molecule has 0 spiro atoms. The molecule has 0 saturated carbocycles. The summed E-state index contributed by atoms with van der Waals surface area (Å²) in [7, 11) is 1.56. The molecule has 0 radical (unpaired) electrons. The van der Waals surface area contributed by atoms with Crippen molar-refractivity contribution in [2.45, 2.75) is 39.7 Å². The first kappa shape index (κ1) is 25.8. The molecule has 2 heterocycles. The molecule has 0 fully saturated rings. The van der Waals surface area contributed by atoms with Crippen LogP contribution in [0.3, 0.4) is 0 Å². The van der Waals surface area contributed by atoms with Crippen LogP contribution in [0.15, 0.2) is 47.0 Å². The third kappa shape index (κ3) is 5.45. The third-order valence-corrected chi connectivity index (χ3v) is 6.89. The van der Waals surface area contributed by atoms with Crippen LogP contribution in [0.1, 0.15) is 54.9 Å². The number of benzene rings is 1. The Balaban J connectivity index is 1.98. The Morgan fingerprint density at radius 2 is 1.94 bits per heavy atom. The molecule has 1 aliphatic heterocycles. The zero-order valence-corrected chi connectivity index (χ0v) is 21.2. The van der Waals surface area contributed by atoms with E-state index in [2.05, 4.69) is 18.7 Å². The van der Waals surface area contributed by atoms with Gasteiger partial charge in [0.1, 0.15) is 0 Å². The van der Waals surface area contributed by atoms with Crippen molar-refractivity contribution in [1.82, 2.24) is 9.80 Å². The first-order valence-corrected chi connectivity index (χ1v) is 12.7. The highest BCUT2D eigenvalue weighted by Crippen LogP contribution is 2.42. The molecule has 1 aromatic heterocycles. The van der Waals surface area contributed by atoms with Crippen LogP contribution in [0.25, 0.3) is 0 Å². The van der Waals surface area contributed by atoms with E-state index in [1.54, 1.807) is 41.7 Å². The first-order chi connectivity index (χ1) is 16.5. The van der Waals surface area contributed by atoms with Gasteiger partial charge in [0.05, 0.1) is 30.2 Å². The standard InChI is InChI=1S/C26H34N2O5S/c1-5-15-33-19-12-11-18(17-20(19)32-4)23-22(24(29)21-10-8-16-34-21)25(30)26(31)28(23)14-9-13-27(6-2)7-3/h8,10-12,16-17,23,30H,5-7,9,13-15H2,1-4H3/t23-/m0/s1. The van der Waals surface area contributed by atoms with Gasteiger partial charge in [0.2, 0.25) is 5.78 Å². The quantitative estimate of drug-likeness (QED) is 0.408. The molecule has 34 heavy (non-hydrogen) atoms. The van der Waals surface area contributed by atoms with E-state index in [0.29, 0.717) is 35.1 Å². The molecule has 1 atom stereocenters. The molecular weight excluding hydrogens is 452 g/mol. The summed E-state index contributed by atoms with van der Waals surface area (Å²) in [4.78, 5) is 30.9. The maximum absolute atomic E-state index is 13.4. The van der Waals surface area contributed by atoms with Gasteiger partial charge in [0, 0.05) is 6.54 Å². The molecule has 7 nitrogen and oxygen atoms in total. The van der Waals surface area contributed by atoms with Crippen molar-refractivity contribution in [1.29, 1.82) is 0 Å². The van der Waals surface area contributed by atoms with Gasteiger partial charge in [-0.3, -0.25) is 9.59 Å². The number of methoxy groups -OCH3 is 1. The summed E-state index contributed by atoms with van der Waals surface area (Å²) in [6.45, 7) is 9.88. The molecule has 1 amide bonds. The van der Waals surface area contributed by atoms with Crippen LogP contribution < -0.4 is 9.47 Å². The molecule has 0 aliphatic carbocycles. The number of aliphatic hydroxyl groups excluding tert-OH is 1. The maximum Gasteiger partial charge on any atom is 0.290 e. The van der Waals surface area contributed by atoms with Crippen molar-refractivity contribution >= 4 is 23.0 Å². The van der Waals surface area contributed by atoms with E-state index in [1.165, 1.54) is 11.3 Å². The number of hydrogen-bond acceptors (Lipinski definition) is 7. The summed E-state index contributed by atoms with van der Waals surface area (Å²) >= 11 is 1.29. The summed E-state index contributed by atoms with van der Waals surface area (Å²) in [5.74, 6) is -0.200. The van der Waals surface area contributed by atoms with Crippen molar-refractivity contribution in [2.24, 2.45) is 0 Å². The van der Waals surface area contributed by atoms with E-state index in [9.17, 15) is 14.7 Å². The van der Waals surface area contributed by atoms with Gasteiger partial charge >= 0.3 is 0 Å². The number of nitrogens with zero attached hydrogens (tertiary/aromatic N) is 2. The number of ketones is 1. The number of ether oxygens (including phenoxy) is 2. The van der Waals surface area contributed by atoms with Crippen molar-refractivity contribution in [3.8, 4) is 11.5 Å². The number of carbonyl (C=O) groups excluding carboxylic acids is 2. The van der Waals surface area contributed by atoms with Crippen LogP contribution in [-0.4, -0.2) is 66.5 Å². The Morgan fingerprint density at radius 1 is 1.18 bits per heavy atom. The van der Waals surface area contributed by atoms with Crippen LogP contribution in [0.5, 0.6) is 11.5 Å². The van der Waals surface area contributed by atoms with Crippen molar-refractivity contribution in [3.63, 3.8) is 0 Å². The maximum atomic E-state index is 13.4. The molecule has 0 bridgehead atoms. The first-order valence-electron chi connectivity index (χ1n) is 11.8. The highest BCUT2D eigenvalue weighted by atomic mass is 32.1. The minimum absolute atomic E-state index is 0.111. The molecule has 8 heteroatoms. The number of Topliss-reactive ketones (excluding diaryl/α,β-unsaturated/α-hetero) is 1. The largest absolute Gasteiger partial charge is 0.503 e. The normalized spacial score (nSPS) is 16.0. The van der Waals surface area contributed by atoms with Crippen molar-refractivity contribution in [2.75, 3.05) is 39.9 Å². The Hall–Kier alpha value is -2.84. The van der Waals surface area contributed by atoms with Crippen LogP contribution in [0, 0.1) is 0 Å². The SMILES string of the molecule is CCCOc1ccc([C@H]2C(C(=O)c3cccs3)=C(O)C(=O)N2CCCN(CC)CC)cc1OC.